The van der Waals surface area contributed by atoms with E-state index in [1.54, 1.807) is 0 Å². The van der Waals surface area contributed by atoms with E-state index in [1.165, 1.54) is 0 Å². The summed E-state index contributed by atoms with van der Waals surface area (Å²) in [6, 6.07) is 9.76. The van der Waals surface area contributed by atoms with Crippen LogP contribution in [0.3, 0.4) is 0 Å². The van der Waals surface area contributed by atoms with E-state index in [0.29, 0.717) is 11.0 Å². The number of aryl methyl sites for hydroxylation is 2. The van der Waals surface area contributed by atoms with Crippen molar-refractivity contribution in [3.8, 4) is 22.5 Å². The van der Waals surface area contributed by atoms with Gasteiger partial charge in [-0.2, -0.15) is 0 Å². The van der Waals surface area contributed by atoms with Crippen LogP contribution in [0.5, 0.6) is 0 Å². The summed E-state index contributed by atoms with van der Waals surface area (Å²) < 4.78 is 5.33. The molecule has 1 saturated heterocycles. The van der Waals surface area contributed by atoms with Crippen molar-refractivity contribution in [3.05, 3.63) is 46.8 Å². The van der Waals surface area contributed by atoms with Crippen molar-refractivity contribution in [1.29, 1.82) is 0 Å². The molecule has 3 aromatic rings. The molecule has 8 heteroatoms. The lowest BCUT2D eigenvalue weighted by Gasteiger charge is -2.18. The highest BCUT2D eigenvalue weighted by molar-refractivity contribution is 6.30. The standard InChI is InChI=1S/C19H20ClN5O.ClH/c1-11-18(12(2)26-24-11)17-9-16(13-3-5-14(20)6-4-13)22-19(23-17)25-8-7-15(21)10-25;/h3-6,9,15H,7-8,10,21H2,1-2H3;1H. The molecule has 1 aliphatic rings. The molecule has 2 N–H and O–H groups in total. The normalized spacial score (nSPS) is 16.4. The minimum Gasteiger partial charge on any atom is -0.361 e. The lowest BCUT2D eigenvalue weighted by Crippen LogP contribution is -2.27. The van der Waals surface area contributed by atoms with Crippen molar-refractivity contribution in [3.63, 3.8) is 0 Å². The molecule has 4 rings (SSSR count). The predicted octanol–water partition coefficient (Wildman–Crippen LogP) is 4.03. The Morgan fingerprint density at radius 2 is 1.85 bits per heavy atom. The molecular formula is C19H21Cl2N5O. The summed E-state index contributed by atoms with van der Waals surface area (Å²) in [5.41, 5.74) is 10.4. The second-order valence-electron chi connectivity index (χ2n) is 6.64. The third kappa shape index (κ3) is 3.93. The molecule has 1 aromatic carbocycles. The lowest BCUT2D eigenvalue weighted by molar-refractivity contribution is 0.393. The predicted molar refractivity (Wildman–Crippen MR) is 110 cm³/mol. The molecule has 0 amide bonds. The fourth-order valence-corrected chi connectivity index (χ4v) is 3.42. The Balaban J connectivity index is 0.00000210. The molecule has 3 heterocycles. The molecule has 142 valence electrons. The Labute approximate surface area is 169 Å². The van der Waals surface area contributed by atoms with E-state index < -0.39 is 0 Å². The van der Waals surface area contributed by atoms with Gasteiger partial charge in [0, 0.05) is 29.7 Å². The number of rotatable bonds is 3. The summed E-state index contributed by atoms with van der Waals surface area (Å²) in [6.45, 7) is 5.42. The van der Waals surface area contributed by atoms with Gasteiger partial charge in [0.1, 0.15) is 5.76 Å². The maximum Gasteiger partial charge on any atom is 0.226 e. The molecule has 0 bridgehead atoms. The average Bonchev–Trinajstić information content (AvgIpc) is 3.21. The van der Waals surface area contributed by atoms with E-state index in [4.69, 9.17) is 31.8 Å². The maximum atomic E-state index is 6.07. The molecule has 2 aromatic heterocycles. The molecule has 0 saturated carbocycles. The quantitative estimate of drug-likeness (QED) is 0.708. The second kappa shape index (κ2) is 7.84. The molecule has 27 heavy (non-hydrogen) atoms. The largest absolute Gasteiger partial charge is 0.361 e. The number of halogens is 2. The van der Waals surface area contributed by atoms with Crippen molar-refractivity contribution in [1.82, 2.24) is 15.1 Å². The average molecular weight is 406 g/mol. The maximum absolute atomic E-state index is 6.07. The van der Waals surface area contributed by atoms with Gasteiger partial charge in [0.15, 0.2) is 0 Å². The highest BCUT2D eigenvalue weighted by atomic mass is 35.5. The van der Waals surface area contributed by atoms with Crippen LogP contribution in [-0.2, 0) is 0 Å². The van der Waals surface area contributed by atoms with Crippen LogP contribution in [0, 0.1) is 13.8 Å². The van der Waals surface area contributed by atoms with Crippen LogP contribution < -0.4 is 10.6 Å². The summed E-state index contributed by atoms with van der Waals surface area (Å²) in [7, 11) is 0. The number of aromatic nitrogens is 3. The SMILES string of the molecule is Cc1noc(C)c1-c1cc(-c2ccc(Cl)cc2)nc(N2CCC(N)C2)n1.Cl. The van der Waals surface area contributed by atoms with E-state index in [1.807, 2.05) is 44.2 Å². The van der Waals surface area contributed by atoms with Gasteiger partial charge in [-0.05, 0) is 38.5 Å². The number of nitrogens with two attached hydrogens (primary N) is 1. The van der Waals surface area contributed by atoms with Gasteiger partial charge < -0.3 is 15.2 Å². The first-order valence-corrected chi connectivity index (χ1v) is 8.98. The van der Waals surface area contributed by atoms with Gasteiger partial charge in [-0.25, -0.2) is 9.97 Å². The first-order chi connectivity index (χ1) is 12.5. The van der Waals surface area contributed by atoms with Crippen LogP contribution >= 0.6 is 24.0 Å². The summed E-state index contributed by atoms with van der Waals surface area (Å²) in [6.07, 6.45) is 0.940. The first-order valence-electron chi connectivity index (χ1n) is 8.60. The van der Waals surface area contributed by atoms with Gasteiger partial charge in [-0.15, -0.1) is 12.4 Å². The van der Waals surface area contributed by atoms with E-state index in [0.717, 1.165) is 53.5 Å². The number of hydrogen-bond acceptors (Lipinski definition) is 6. The Morgan fingerprint density at radius 3 is 2.44 bits per heavy atom. The summed E-state index contributed by atoms with van der Waals surface area (Å²) in [5.74, 6) is 1.42. The van der Waals surface area contributed by atoms with E-state index in [-0.39, 0.29) is 18.4 Å². The molecule has 1 aliphatic heterocycles. The van der Waals surface area contributed by atoms with Crippen molar-refractivity contribution in [2.24, 2.45) is 5.73 Å². The Kier molecular flexibility index (Phi) is 5.69. The van der Waals surface area contributed by atoms with E-state index in [2.05, 4.69) is 10.1 Å². The van der Waals surface area contributed by atoms with Crippen molar-refractivity contribution >= 4 is 30.0 Å². The van der Waals surface area contributed by atoms with Gasteiger partial charge in [-0.3, -0.25) is 0 Å². The fraction of sp³-hybridized carbons (Fsp3) is 0.316. The van der Waals surface area contributed by atoms with Crippen molar-refractivity contribution < 1.29 is 4.52 Å². The van der Waals surface area contributed by atoms with Crippen molar-refractivity contribution in [2.75, 3.05) is 18.0 Å². The third-order valence-electron chi connectivity index (χ3n) is 4.65. The number of hydrogen-bond donors (Lipinski definition) is 1. The number of anilines is 1. The molecule has 0 radical (unpaired) electrons. The third-order valence-corrected chi connectivity index (χ3v) is 4.90. The highest BCUT2D eigenvalue weighted by Gasteiger charge is 2.24. The van der Waals surface area contributed by atoms with Crippen LogP contribution in [0.25, 0.3) is 22.5 Å². The van der Waals surface area contributed by atoms with Gasteiger partial charge in [0.2, 0.25) is 5.95 Å². The van der Waals surface area contributed by atoms with Gasteiger partial charge in [-0.1, -0.05) is 28.9 Å². The number of benzene rings is 1. The second-order valence-corrected chi connectivity index (χ2v) is 7.08. The Hall–Kier alpha value is -2.15. The topological polar surface area (TPSA) is 81.1 Å². The minimum atomic E-state index is 0. The fourth-order valence-electron chi connectivity index (χ4n) is 3.29. The van der Waals surface area contributed by atoms with Gasteiger partial charge >= 0.3 is 0 Å². The van der Waals surface area contributed by atoms with E-state index >= 15 is 0 Å². The summed E-state index contributed by atoms with van der Waals surface area (Å²) in [4.78, 5) is 11.7. The van der Waals surface area contributed by atoms with Crippen LogP contribution in [0.1, 0.15) is 17.9 Å². The molecule has 1 fully saturated rings. The smallest absolute Gasteiger partial charge is 0.226 e. The van der Waals surface area contributed by atoms with Crippen LogP contribution in [0.2, 0.25) is 5.02 Å². The monoisotopic (exact) mass is 405 g/mol. The van der Waals surface area contributed by atoms with Crippen LogP contribution in [0.15, 0.2) is 34.9 Å². The number of nitrogens with zero attached hydrogens (tertiary/aromatic N) is 4. The molecular weight excluding hydrogens is 385 g/mol. The zero-order valence-corrected chi connectivity index (χ0v) is 16.7. The molecule has 1 unspecified atom stereocenters. The molecule has 6 nitrogen and oxygen atoms in total. The summed E-state index contributed by atoms with van der Waals surface area (Å²) in [5, 5.41) is 4.75. The summed E-state index contributed by atoms with van der Waals surface area (Å²) >= 11 is 6.03. The molecule has 0 aliphatic carbocycles. The lowest BCUT2D eigenvalue weighted by atomic mass is 10.1. The Bertz CT molecular complexity index is 922. The molecule has 1 atom stereocenters. The van der Waals surface area contributed by atoms with E-state index in [9.17, 15) is 0 Å². The zero-order chi connectivity index (χ0) is 18.3. The minimum absolute atomic E-state index is 0. The molecule has 0 spiro atoms. The zero-order valence-electron chi connectivity index (χ0n) is 15.1. The van der Waals surface area contributed by atoms with Gasteiger partial charge in [0.25, 0.3) is 0 Å². The van der Waals surface area contributed by atoms with Crippen molar-refractivity contribution in [2.45, 2.75) is 26.3 Å². The van der Waals surface area contributed by atoms with Crippen LogP contribution in [-0.4, -0.2) is 34.3 Å². The van der Waals surface area contributed by atoms with Crippen LogP contribution in [0.4, 0.5) is 5.95 Å². The first kappa shape index (κ1) is 19.6. The Morgan fingerprint density at radius 1 is 1.15 bits per heavy atom. The highest BCUT2D eigenvalue weighted by Crippen LogP contribution is 2.31. The van der Waals surface area contributed by atoms with Gasteiger partial charge in [0.05, 0.1) is 22.6 Å².